The van der Waals surface area contributed by atoms with Crippen molar-refractivity contribution in [1.82, 2.24) is 5.32 Å². The highest BCUT2D eigenvalue weighted by atomic mass is 35.5. The van der Waals surface area contributed by atoms with Gasteiger partial charge in [0.15, 0.2) is 5.75 Å². The zero-order valence-corrected chi connectivity index (χ0v) is 14.0. The first-order valence-electron chi connectivity index (χ1n) is 7.48. The van der Waals surface area contributed by atoms with Crippen LogP contribution < -0.4 is 20.1 Å². The van der Waals surface area contributed by atoms with Crippen LogP contribution in [0.25, 0.3) is 0 Å². The maximum atomic E-state index is 12.5. The lowest BCUT2D eigenvalue weighted by Gasteiger charge is -2.14. The van der Waals surface area contributed by atoms with Crippen LogP contribution >= 0.6 is 12.4 Å². The minimum absolute atomic E-state index is 0. The van der Waals surface area contributed by atoms with Crippen LogP contribution in [0, 0.1) is 5.92 Å². The minimum Gasteiger partial charge on any atom is -0.435 e. The van der Waals surface area contributed by atoms with Gasteiger partial charge in [-0.25, -0.2) is 0 Å². The first-order chi connectivity index (χ1) is 11.4. The van der Waals surface area contributed by atoms with E-state index in [0.29, 0.717) is 12.3 Å². The monoisotopic (exact) mass is 386 g/mol. The van der Waals surface area contributed by atoms with Crippen LogP contribution in [0.3, 0.4) is 0 Å². The Hall–Kier alpha value is -1.74. The molecule has 1 aliphatic heterocycles. The lowest BCUT2D eigenvalue weighted by molar-refractivity contribution is -0.116. The number of hydrogen-bond donors (Lipinski definition) is 2. The van der Waals surface area contributed by atoms with Gasteiger partial charge in [-0.2, -0.15) is 17.6 Å². The number of benzene rings is 1. The van der Waals surface area contributed by atoms with Crippen molar-refractivity contribution >= 4 is 24.0 Å². The van der Waals surface area contributed by atoms with Gasteiger partial charge >= 0.3 is 13.2 Å². The molecule has 25 heavy (non-hydrogen) atoms. The van der Waals surface area contributed by atoms with E-state index in [9.17, 15) is 22.4 Å². The number of alkyl halides is 4. The zero-order chi connectivity index (χ0) is 17.5. The highest BCUT2D eigenvalue weighted by molar-refractivity contribution is 5.92. The number of anilines is 1. The molecule has 5 nitrogen and oxygen atoms in total. The summed E-state index contributed by atoms with van der Waals surface area (Å²) < 4.78 is 57.7. The molecule has 0 radical (unpaired) electrons. The third-order valence-electron chi connectivity index (χ3n) is 3.61. The van der Waals surface area contributed by atoms with Crippen LogP contribution in [0.1, 0.15) is 19.3 Å². The Bertz CT molecular complexity index is 558. The summed E-state index contributed by atoms with van der Waals surface area (Å²) in [6.45, 7) is -4.48. The Kier molecular flexibility index (Phi) is 8.77. The standard InChI is InChI=1S/C15H18F4N2O3.ClH/c16-14(17)23-10-2-3-11(12(7-10)24-15(18)19)21-13(22)4-1-9-5-6-20-8-9;/h2-3,7,9,14-15,20H,1,4-6,8H2,(H,21,22);1H. The van der Waals surface area contributed by atoms with E-state index < -0.39 is 19.0 Å². The molecular formula is C15H19ClF4N2O3. The van der Waals surface area contributed by atoms with Crippen LogP contribution in [-0.4, -0.2) is 32.2 Å². The Morgan fingerprint density at radius 1 is 1.24 bits per heavy atom. The molecule has 0 bridgehead atoms. The molecule has 0 aliphatic carbocycles. The van der Waals surface area contributed by atoms with Crippen molar-refractivity contribution < 1.29 is 31.8 Å². The third-order valence-corrected chi connectivity index (χ3v) is 3.61. The molecule has 1 unspecified atom stereocenters. The number of amides is 1. The van der Waals surface area contributed by atoms with Crippen molar-refractivity contribution in [2.75, 3.05) is 18.4 Å². The SMILES string of the molecule is Cl.O=C(CCC1CCNC1)Nc1ccc(OC(F)F)cc1OC(F)F. The van der Waals surface area contributed by atoms with Gasteiger partial charge in [-0.15, -0.1) is 12.4 Å². The number of hydrogen-bond acceptors (Lipinski definition) is 4. The van der Waals surface area contributed by atoms with E-state index in [4.69, 9.17) is 0 Å². The second-order valence-corrected chi connectivity index (χ2v) is 5.36. The Morgan fingerprint density at radius 2 is 1.96 bits per heavy atom. The zero-order valence-electron chi connectivity index (χ0n) is 13.1. The van der Waals surface area contributed by atoms with E-state index in [-0.39, 0.29) is 36.2 Å². The fourth-order valence-corrected chi connectivity index (χ4v) is 2.48. The Balaban J connectivity index is 0.00000312. The van der Waals surface area contributed by atoms with Crippen molar-refractivity contribution in [2.24, 2.45) is 5.92 Å². The molecule has 1 aliphatic rings. The molecule has 0 spiro atoms. The maximum Gasteiger partial charge on any atom is 0.387 e. The molecule has 1 aromatic rings. The molecule has 1 saturated heterocycles. The van der Waals surface area contributed by atoms with Crippen molar-refractivity contribution in [3.8, 4) is 11.5 Å². The van der Waals surface area contributed by atoms with Gasteiger partial charge in [0.25, 0.3) is 0 Å². The average Bonchev–Trinajstić information content (AvgIpc) is 3.00. The molecule has 1 aromatic carbocycles. The van der Waals surface area contributed by atoms with Crippen LogP contribution in [0.5, 0.6) is 11.5 Å². The topological polar surface area (TPSA) is 59.6 Å². The van der Waals surface area contributed by atoms with Gasteiger partial charge in [0.05, 0.1) is 5.69 Å². The molecule has 10 heteroatoms. The van der Waals surface area contributed by atoms with Crippen LogP contribution in [-0.2, 0) is 4.79 Å². The molecule has 2 rings (SSSR count). The first-order valence-corrected chi connectivity index (χ1v) is 7.48. The number of carbonyl (C=O) groups excluding carboxylic acids is 1. The lowest BCUT2D eigenvalue weighted by atomic mass is 10.0. The smallest absolute Gasteiger partial charge is 0.387 e. The number of halogens is 5. The summed E-state index contributed by atoms with van der Waals surface area (Å²) in [5.41, 5.74) is -0.0218. The Labute approximate surface area is 148 Å². The van der Waals surface area contributed by atoms with Crippen LogP contribution in [0.15, 0.2) is 18.2 Å². The molecular weight excluding hydrogens is 368 g/mol. The average molecular weight is 387 g/mol. The molecule has 1 atom stereocenters. The van der Waals surface area contributed by atoms with Gasteiger partial charge in [0, 0.05) is 12.5 Å². The van der Waals surface area contributed by atoms with Crippen molar-refractivity contribution in [2.45, 2.75) is 32.5 Å². The highest BCUT2D eigenvalue weighted by Gasteiger charge is 2.18. The third kappa shape index (κ3) is 7.35. The quantitative estimate of drug-likeness (QED) is 0.670. The van der Waals surface area contributed by atoms with Gasteiger partial charge < -0.3 is 20.1 Å². The van der Waals surface area contributed by atoms with E-state index in [2.05, 4.69) is 20.1 Å². The fraction of sp³-hybridized carbons (Fsp3) is 0.533. The van der Waals surface area contributed by atoms with Crippen molar-refractivity contribution in [1.29, 1.82) is 0 Å². The van der Waals surface area contributed by atoms with E-state index >= 15 is 0 Å². The molecule has 1 fully saturated rings. The van der Waals surface area contributed by atoms with Crippen LogP contribution in [0.2, 0.25) is 0 Å². The minimum atomic E-state index is -3.16. The van der Waals surface area contributed by atoms with Gasteiger partial charge in [0.1, 0.15) is 5.75 Å². The number of ether oxygens (including phenoxy) is 2. The first kappa shape index (κ1) is 21.3. The summed E-state index contributed by atoms with van der Waals surface area (Å²) in [5, 5.41) is 5.65. The summed E-state index contributed by atoms with van der Waals surface area (Å²) in [6.07, 6.45) is 1.90. The summed E-state index contributed by atoms with van der Waals surface area (Å²) in [6, 6.07) is 3.21. The van der Waals surface area contributed by atoms with Gasteiger partial charge in [-0.1, -0.05) is 0 Å². The largest absolute Gasteiger partial charge is 0.435 e. The van der Waals surface area contributed by atoms with E-state index in [1.807, 2.05) is 0 Å². The predicted molar refractivity (Wildman–Crippen MR) is 85.8 cm³/mol. The number of nitrogens with one attached hydrogen (secondary N) is 2. The maximum absolute atomic E-state index is 12.5. The summed E-state index contributed by atoms with van der Waals surface area (Å²) in [7, 11) is 0. The van der Waals surface area contributed by atoms with Crippen molar-refractivity contribution in [3.05, 3.63) is 18.2 Å². The summed E-state index contributed by atoms with van der Waals surface area (Å²) in [4.78, 5) is 11.9. The van der Waals surface area contributed by atoms with Gasteiger partial charge in [0.2, 0.25) is 5.91 Å². The van der Waals surface area contributed by atoms with Crippen LogP contribution in [0.4, 0.5) is 23.2 Å². The number of carbonyl (C=O) groups is 1. The second-order valence-electron chi connectivity index (χ2n) is 5.36. The second kappa shape index (κ2) is 10.3. The van der Waals surface area contributed by atoms with E-state index in [1.54, 1.807) is 0 Å². The lowest BCUT2D eigenvalue weighted by Crippen LogP contribution is -2.16. The molecule has 1 heterocycles. The molecule has 0 saturated carbocycles. The summed E-state index contributed by atoms with van der Waals surface area (Å²) in [5.74, 6) is -0.715. The summed E-state index contributed by atoms with van der Waals surface area (Å²) >= 11 is 0. The van der Waals surface area contributed by atoms with E-state index in [1.165, 1.54) is 6.07 Å². The number of rotatable bonds is 8. The highest BCUT2D eigenvalue weighted by Crippen LogP contribution is 2.31. The predicted octanol–water partition coefficient (Wildman–Crippen LogP) is 3.64. The molecule has 1 amide bonds. The normalized spacial score (nSPS) is 16.6. The van der Waals surface area contributed by atoms with Crippen molar-refractivity contribution in [3.63, 3.8) is 0 Å². The van der Waals surface area contributed by atoms with Gasteiger partial charge in [-0.3, -0.25) is 4.79 Å². The van der Waals surface area contributed by atoms with E-state index in [0.717, 1.165) is 31.6 Å². The Morgan fingerprint density at radius 3 is 2.56 bits per heavy atom. The fourth-order valence-electron chi connectivity index (χ4n) is 2.48. The van der Waals surface area contributed by atoms with Gasteiger partial charge in [-0.05, 0) is 44.0 Å². The molecule has 142 valence electrons. The molecule has 0 aromatic heterocycles. The molecule has 2 N–H and O–H groups in total.